The number of amides is 3. The van der Waals surface area contributed by atoms with Crippen molar-refractivity contribution in [2.45, 2.75) is 39.4 Å². The molecule has 12 heteroatoms. The van der Waals surface area contributed by atoms with Gasteiger partial charge in [0.2, 0.25) is 0 Å². The normalized spacial score (nSPS) is 12.1. The molecular formula is C24H27F3N4O5. The predicted molar refractivity (Wildman–Crippen MR) is 127 cm³/mol. The van der Waals surface area contributed by atoms with Crippen LogP contribution in [0.3, 0.4) is 0 Å². The second-order valence-corrected chi connectivity index (χ2v) is 7.54. The van der Waals surface area contributed by atoms with Crippen LogP contribution in [-0.2, 0) is 20.6 Å². The average molecular weight is 508 g/mol. The van der Waals surface area contributed by atoms with E-state index in [0.29, 0.717) is 12.0 Å². The highest BCUT2D eigenvalue weighted by Gasteiger charge is 2.30. The molecule has 194 valence electrons. The summed E-state index contributed by atoms with van der Waals surface area (Å²) in [7, 11) is 0. The summed E-state index contributed by atoms with van der Waals surface area (Å²) in [4.78, 5) is 35.7. The number of alkyl halides is 3. The van der Waals surface area contributed by atoms with Crippen LogP contribution < -0.4 is 25.5 Å². The van der Waals surface area contributed by atoms with Crippen LogP contribution >= 0.6 is 0 Å². The van der Waals surface area contributed by atoms with Gasteiger partial charge in [-0.05, 0) is 62.2 Å². The number of anilines is 1. The van der Waals surface area contributed by atoms with Crippen LogP contribution in [0.4, 0.5) is 18.9 Å². The second kappa shape index (κ2) is 13.1. The van der Waals surface area contributed by atoms with Crippen LogP contribution in [-0.4, -0.2) is 43.2 Å². The lowest BCUT2D eigenvalue weighted by Gasteiger charge is -2.13. The number of carbonyl (C=O) groups excluding carboxylic acids is 3. The topological polar surface area (TPSA) is 118 Å². The van der Waals surface area contributed by atoms with Gasteiger partial charge in [-0.2, -0.15) is 18.3 Å². The summed E-state index contributed by atoms with van der Waals surface area (Å²) in [6.07, 6.45) is -2.57. The summed E-state index contributed by atoms with van der Waals surface area (Å²) in [5.74, 6) is -1.90. The number of rotatable bonds is 10. The number of hydrogen-bond acceptors (Lipinski definition) is 6. The van der Waals surface area contributed by atoms with Crippen LogP contribution in [0.2, 0.25) is 0 Å². The number of hydrogen-bond donors (Lipinski definition) is 3. The molecule has 0 spiro atoms. The number of hydrazone groups is 1. The highest BCUT2D eigenvalue weighted by atomic mass is 19.4. The summed E-state index contributed by atoms with van der Waals surface area (Å²) in [5, 5.41) is 8.61. The van der Waals surface area contributed by atoms with Crippen molar-refractivity contribution in [2.75, 3.05) is 18.5 Å². The quantitative estimate of drug-likeness (QED) is 0.258. The highest BCUT2D eigenvalue weighted by Crippen LogP contribution is 2.31. The zero-order valence-corrected chi connectivity index (χ0v) is 19.9. The monoisotopic (exact) mass is 508 g/mol. The Bertz CT molecular complexity index is 1110. The van der Waals surface area contributed by atoms with Gasteiger partial charge in [-0.25, -0.2) is 5.43 Å². The van der Waals surface area contributed by atoms with Gasteiger partial charge in [0.15, 0.2) is 18.1 Å². The lowest BCUT2D eigenvalue weighted by molar-refractivity contribution is -0.139. The molecule has 0 heterocycles. The van der Waals surface area contributed by atoms with Crippen molar-refractivity contribution >= 4 is 29.6 Å². The zero-order valence-electron chi connectivity index (χ0n) is 19.9. The summed E-state index contributed by atoms with van der Waals surface area (Å²) < 4.78 is 49.5. The fourth-order valence-corrected chi connectivity index (χ4v) is 2.71. The standard InChI is InChI=1S/C24H27F3N4O5/c1-4-15(3)29-22(33)23(34)31-28-13-16-9-10-19(20(11-16)35-5-2)36-14-21(32)30-18-8-6-7-17(12-18)24(25,26)27/h6-13,15H,4-5,14H2,1-3H3,(H,29,33)(H,30,32)(H,31,34)/b28-13-/t15-/m0/s1. The van der Waals surface area contributed by atoms with Crippen molar-refractivity contribution in [1.82, 2.24) is 10.7 Å². The third kappa shape index (κ3) is 8.93. The molecule has 0 aliphatic rings. The van der Waals surface area contributed by atoms with E-state index in [9.17, 15) is 27.6 Å². The molecule has 3 N–H and O–H groups in total. The van der Waals surface area contributed by atoms with Gasteiger partial charge in [0.1, 0.15) is 0 Å². The van der Waals surface area contributed by atoms with Crippen LogP contribution in [0, 0.1) is 0 Å². The fourth-order valence-electron chi connectivity index (χ4n) is 2.71. The number of nitrogens with one attached hydrogen (secondary N) is 3. The van der Waals surface area contributed by atoms with Crippen molar-refractivity contribution in [3.8, 4) is 11.5 Å². The van der Waals surface area contributed by atoms with E-state index < -0.39 is 36.1 Å². The summed E-state index contributed by atoms with van der Waals surface area (Å²) in [6, 6.07) is 8.70. The van der Waals surface area contributed by atoms with Crippen molar-refractivity contribution in [3.05, 3.63) is 53.6 Å². The summed E-state index contributed by atoms with van der Waals surface area (Å²) >= 11 is 0. The maximum Gasteiger partial charge on any atom is 0.416 e. The third-order valence-corrected chi connectivity index (χ3v) is 4.68. The molecule has 2 aromatic rings. The lowest BCUT2D eigenvalue weighted by atomic mass is 10.2. The Balaban J connectivity index is 1.98. The smallest absolute Gasteiger partial charge is 0.416 e. The molecule has 0 aliphatic heterocycles. The minimum Gasteiger partial charge on any atom is -0.490 e. The zero-order chi connectivity index (χ0) is 26.7. The predicted octanol–water partition coefficient (Wildman–Crippen LogP) is 3.49. The Morgan fingerprint density at radius 1 is 1.03 bits per heavy atom. The van der Waals surface area contributed by atoms with Crippen molar-refractivity contribution in [3.63, 3.8) is 0 Å². The number of carbonyl (C=O) groups is 3. The number of ether oxygens (including phenoxy) is 2. The van der Waals surface area contributed by atoms with E-state index in [-0.39, 0.29) is 29.8 Å². The van der Waals surface area contributed by atoms with Crippen molar-refractivity contribution < 1.29 is 37.0 Å². The molecule has 0 unspecified atom stereocenters. The molecule has 0 saturated carbocycles. The molecule has 3 amide bonds. The van der Waals surface area contributed by atoms with E-state index in [0.717, 1.165) is 12.1 Å². The largest absolute Gasteiger partial charge is 0.490 e. The van der Waals surface area contributed by atoms with E-state index >= 15 is 0 Å². The van der Waals surface area contributed by atoms with Crippen LogP contribution in [0.1, 0.15) is 38.3 Å². The molecule has 9 nitrogen and oxygen atoms in total. The van der Waals surface area contributed by atoms with E-state index in [4.69, 9.17) is 9.47 Å². The Morgan fingerprint density at radius 2 is 1.78 bits per heavy atom. The van der Waals surface area contributed by atoms with Gasteiger partial charge in [-0.15, -0.1) is 0 Å². The third-order valence-electron chi connectivity index (χ3n) is 4.68. The van der Waals surface area contributed by atoms with E-state index in [1.807, 2.05) is 6.92 Å². The summed E-state index contributed by atoms with van der Waals surface area (Å²) in [5.41, 5.74) is 1.72. The van der Waals surface area contributed by atoms with Gasteiger partial charge in [0.05, 0.1) is 18.4 Å². The fraction of sp³-hybridized carbons (Fsp3) is 0.333. The molecule has 0 aliphatic carbocycles. The Morgan fingerprint density at radius 3 is 2.44 bits per heavy atom. The van der Waals surface area contributed by atoms with Gasteiger partial charge in [0.25, 0.3) is 5.91 Å². The molecule has 36 heavy (non-hydrogen) atoms. The van der Waals surface area contributed by atoms with Crippen LogP contribution in [0.5, 0.6) is 11.5 Å². The molecule has 0 saturated heterocycles. The first-order valence-corrected chi connectivity index (χ1v) is 11.0. The first kappa shape index (κ1) is 28.1. The first-order chi connectivity index (χ1) is 17.0. The molecule has 0 radical (unpaired) electrons. The number of halogens is 3. The van der Waals surface area contributed by atoms with Crippen molar-refractivity contribution in [2.24, 2.45) is 5.10 Å². The molecule has 1 atom stereocenters. The Labute approximate surface area is 206 Å². The molecule has 2 rings (SSSR count). The molecule has 0 aromatic heterocycles. The second-order valence-electron chi connectivity index (χ2n) is 7.54. The van der Waals surface area contributed by atoms with Gasteiger partial charge in [-0.1, -0.05) is 13.0 Å². The highest BCUT2D eigenvalue weighted by molar-refractivity contribution is 6.35. The number of nitrogens with zero attached hydrogens (tertiary/aromatic N) is 1. The van der Waals surface area contributed by atoms with E-state index in [2.05, 4.69) is 21.2 Å². The van der Waals surface area contributed by atoms with E-state index in [1.165, 1.54) is 24.4 Å². The molecule has 0 bridgehead atoms. The van der Waals surface area contributed by atoms with Gasteiger partial charge >= 0.3 is 18.0 Å². The van der Waals surface area contributed by atoms with Gasteiger partial charge in [0, 0.05) is 11.7 Å². The lowest BCUT2D eigenvalue weighted by Crippen LogP contribution is -2.41. The van der Waals surface area contributed by atoms with Gasteiger partial charge in [-0.3, -0.25) is 14.4 Å². The summed E-state index contributed by atoms with van der Waals surface area (Å²) in [6.45, 7) is 5.17. The first-order valence-electron chi connectivity index (χ1n) is 11.0. The molecule has 0 fully saturated rings. The average Bonchev–Trinajstić information content (AvgIpc) is 2.83. The molecule has 2 aromatic carbocycles. The Hall–Kier alpha value is -4.09. The maximum atomic E-state index is 12.8. The van der Waals surface area contributed by atoms with Gasteiger partial charge < -0.3 is 20.1 Å². The van der Waals surface area contributed by atoms with Crippen LogP contribution in [0.25, 0.3) is 0 Å². The SMILES string of the molecule is CCOc1cc(/C=N\NC(=O)C(=O)N[C@@H](C)CC)ccc1OCC(=O)Nc1cccc(C(F)(F)F)c1. The van der Waals surface area contributed by atoms with Crippen molar-refractivity contribution in [1.29, 1.82) is 0 Å². The van der Waals surface area contributed by atoms with Crippen LogP contribution in [0.15, 0.2) is 47.6 Å². The van der Waals surface area contributed by atoms with E-state index in [1.54, 1.807) is 26.0 Å². The Kier molecular flexibility index (Phi) is 10.3. The maximum absolute atomic E-state index is 12.8. The number of benzene rings is 2. The minimum absolute atomic E-state index is 0.0186. The molecular weight excluding hydrogens is 481 g/mol. The minimum atomic E-state index is -4.53.